The minimum absolute atomic E-state index is 0.0650. The van der Waals surface area contributed by atoms with Crippen molar-refractivity contribution in [2.75, 3.05) is 13.1 Å². The fourth-order valence-electron chi connectivity index (χ4n) is 1.75. The second-order valence-electron chi connectivity index (χ2n) is 4.16. The minimum Gasteiger partial charge on any atom is -0.368 e. The molecule has 0 saturated carbocycles. The first kappa shape index (κ1) is 13.3. The summed E-state index contributed by atoms with van der Waals surface area (Å²) in [5.74, 6) is -0.265. The van der Waals surface area contributed by atoms with E-state index in [-0.39, 0.29) is 24.4 Å². The van der Waals surface area contributed by atoms with Crippen molar-refractivity contribution in [1.29, 1.82) is 0 Å². The Hall–Kier alpha value is -1.15. The summed E-state index contributed by atoms with van der Waals surface area (Å²) in [4.78, 5) is 3.64. The average Bonchev–Trinajstić information content (AvgIpc) is 2.73. The molecule has 0 aliphatic carbocycles. The van der Waals surface area contributed by atoms with Gasteiger partial charge in [0.1, 0.15) is 13.0 Å². The Bertz CT molecular complexity index is 375. The van der Waals surface area contributed by atoms with Crippen molar-refractivity contribution in [3.63, 3.8) is 0 Å². The van der Waals surface area contributed by atoms with Gasteiger partial charge in [0, 0.05) is 0 Å². The molecule has 0 bridgehead atoms. The predicted octanol–water partition coefficient (Wildman–Crippen LogP) is 1.44. The van der Waals surface area contributed by atoms with Crippen LogP contribution < -0.4 is 5.32 Å². The monoisotopic (exact) mass is 265 g/mol. The molecule has 0 amide bonds. The third-order valence-electron chi connectivity index (χ3n) is 2.60. The van der Waals surface area contributed by atoms with Crippen LogP contribution in [0.2, 0.25) is 0 Å². The summed E-state index contributed by atoms with van der Waals surface area (Å²) in [6, 6.07) is 0. The first-order valence-electron chi connectivity index (χ1n) is 5.73. The Morgan fingerprint density at radius 3 is 2.72 bits per heavy atom. The number of ether oxygens (including phenoxy) is 1. The minimum atomic E-state index is -4.32. The zero-order valence-electron chi connectivity index (χ0n) is 9.66. The number of rotatable bonds is 4. The molecule has 1 aliphatic heterocycles. The highest BCUT2D eigenvalue weighted by Gasteiger charge is 2.30. The summed E-state index contributed by atoms with van der Waals surface area (Å²) in [6.45, 7) is 1.83. The van der Waals surface area contributed by atoms with Crippen molar-refractivity contribution in [3.8, 4) is 0 Å². The van der Waals surface area contributed by atoms with Crippen molar-refractivity contribution in [2.24, 2.45) is 0 Å². The fraction of sp³-hybridized carbons (Fsp3) is 0.800. The highest BCUT2D eigenvalue weighted by atomic mass is 19.4. The Morgan fingerprint density at radius 2 is 2.06 bits per heavy atom. The summed E-state index contributed by atoms with van der Waals surface area (Å²) in [5, 5.41) is 6.45. The van der Waals surface area contributed by atoms with Gasteiger partial charge >= 0.3 is 6.18 Å². The topological polar surface area (TPSA) is 60.2 Å². The number of aromatic nitrogens is 2. The number of hydrogen-bond acceptors (Lipinski definition) is 5. The maximum absolute atomic E-state index is 12.1. The van der Waals surface area contributed by atoms with E-state index in [1.807, 2.05) is 0 Å². The van der Waals surface area contributed by atoms with E-state index >= 15 is 0 Å². The van der Waals surface area contributed by atoms with Gasteiger partial charge in [0.2, 0.25) is 0 Å². The number of nitrogens with zero attached hydrogens (tertiary/aromatic N) is 2. The number of piperidine rings is 1. The van der Waals surface area contributed by atoms with Crippen molar-refractivity contribution in [3.05, 3.63) is 11.7 Å². The number of alkyl halides is 3. The first-order valence-corrected chi connectivity index (χ1v) is 5.73. The highest BCUT2D eigenvalue weighted by Crippen LogP contribution is 2.19. The fourth-order valence-corrected chi connectivity index (χ4v) is 1.75. The van der Waals surface area contributed by atoms with Crippen molar-refractivity contribution >= 4 is 0 Å². The molecule has 8 heteroatoms. The van der Waals surface area contributed by atoms with E-state index in [0.29, 0.717) is 0 Å². The lowest BCUT2D eigenvalue weighted by Gasteiger charge is -2.21. The molecule has 18 heavy (non-hydrogen) atoms. The van der Waals surface area contributed by atoms with E-state index in [1.165, 1.54) is 0 Å². The molecular formula is C10H14F3N3O2. The SMILES string of the molecule is FC(F)(F)Cc1noc(COC2CCNCC2)n1. The van der Waals surface area contributed by atoms with Crippen LogP contribution >= 0.6 is 0 Å². The Morgan fingerprint density at radius 1 is 1.33 bits per heavy atom. The van der Waals surface area contributed by atoms with Crippen LogP contribution in [-0.2, 0) is 17.8 Å². The maximum atomic E-state index is 12.1. The van der Waals surface area contributed by atoms with Gasteiger partial charge < -0.3 is 14.6 Å². The Kier molecular flexibility index (Phi) is 4.18. The predicted molar refractivity (Wildman–Crippen MR) is 54.7 cm³/mol. The largest absolute Gasteiger partial charge is 0.396 e. The van der Waals surface area contributed by atoms with Crippen LogP contribution in [0.1, 0.15) is 24.6 Å². The van der Waals surface area contributed by atoms with Gasteiger partial charge in [-0.15, -0.1) is 0 Å². The van der Waals surface area contributed by atoms with E-state index < -0.39 is 12.6 Å². The summed E-state index contributed by atoms with van der Waals surface area (Å²) in [5.41, 5.74) is 0. The smallest absolute Gasteiger partial charge is 0.368 e. The summed E-state index contributed by atoms with van der Waals surface area (Å²) in [6.07, 6.45) is -3.64. The quantitative estimate of drug-likeness (QED) is 0.892. The summed E-state index contributed by atoms with van der Waals surface area (Å²) in [7, 11) is 0. The molecule has 5 nitrogen and oxygen atoms in total. The van der Waals surface area contributed by atoms with E-state index in [2.05, 4.69) is 15.5 Å². The van der Waals surface area contributed by atoms with Gasteiger partial charge in [-0.2, -0.15) is 18.2 Å². The molecule has 0 unspecified atom stereocenters. The van der Waals surface area contributed by atoms with E-state index in [4.69, 9.17) is 9.26 Å². The maximum Gasteiger partial charge on any atom is 0.396 e. The molecule has 0 spiro atoms. The van der Waals surface area contributed by atoms with Crippen LogP contribution in [0.3, 0.4) is 0 Å². The highest BCUT2D eigenvalue weighted by molar-refractivity contribution is 4.87. The molecule has 0 atom stereocenters. The van der Waals surface area contributed by atoms with Crippen LogP contribution in [-0.4, -0.2) is 35.5 Å². The van der Waals surface area contributed by atoms with Crippen LogP contribution in [0.5, 0.6) is 0 Å². The molecular weight excluding hydrogens is 251 g/mol. The van der Waals surface area contributed by atoms with Gasteiger partial charge in [-0.1, -0.05) is 5.16 Å². The standard InChI is InChI=1S/C10H14F3N3O2/c11-10(12,13)5-8-15-9(18-16-8)6-17-7-1-3-14-4-2-7/h7,14H,1-6H2. The zero-order valence-corrected chi connectivity index (χ0v) is 9.66. The molecule has 1 fully saturated rings. The molecule has 0 radical (unpaired) electrons. The van der Waals surface area contributed by atoms with Gasteiger partial charge in [-0.25, -0.2) is 0 Å². The Balaban J connectivity index is 1.79. The Labute approximate surface area is 102 Å². The van der Waals surface area contributed by atoms with Crippen LogP contribution in [0, 0.1) is 0 Å². The lowest BCUT2D eigenvalue weighted by Crippen LogP contribution is -2.32. The van der Waals surface area contributed by atoms with Crippen LogP contribution in [0.15, 0.2) is 4.52 Å². The summed E-state index contributed by atoms with van der Waals surface area (Å²) < 4.78 is 46.4. The normalized spacial score (nSPS) is 18.2. The molecule has 1 aromatic heterocycles. The van der Waals surface area contributed by atoms with Crippen LogP contribution in [0.25, 0.3) is 0 Å². The third kappa shape index (κ3) is 4.26. The van der Waals surface area contributed by atoms with Crippen LogP contribution in [0.4, 0.5) is 13.2 Å². The number of hydrogen-bond donors (Lipinski definition) is 1. The number of nitrogens with one attached hydrogen (secondary N) is 1. The molecule has 1 saturated heterocycles. The van der Waals surface area contributed by atoms with Gasteiger partial charge in [0.25, 0.3) is 5.89 Å². The van der Waals surface area contributed by atoms with E-state index in [0.717, 1.165) is 25.9 Å². The second-order valence-corrected chi connectivity index (χ2v) is 4.16. The zero-order chi connectivity index (χ0) is 13.0. The lowest BCUT2D eigenvalue weighted by atomic mass is 10.1. The molecule has 2 heterocycles. The molecule has 0 aromatic carbocycles. The summed E-state index contributed by atoms with van der Waals surface area (Å²) >= 11 is 0. The van der Waals surface area contributed by atoms with Gasteiger partial charge in [0.05, 0.1) is 6.10 Å². The van der Waals surface area contributed by atoms with E-state index in [1.54, 1.807) is 0 Å². The average molecular weight is 265 g/mol. The lowest BCUT2D eigenvalue weighted by molar-refractivity contribution is -0.128. The second kappa shape index (κ2) is 5.66. The van der Waals surface area contributed by atoms with Crippen molar-refractivity contribution < 1.29 is 22.4 Å². The first-order chi connectivity index (χ1) is 8.53. The molecule has 1 aliphatic rings. The van der Waals surface area contributed by atoms with Crippen molar-refractivity contribution in [2.45, 2.75) is 38.1 Å². The van der Waals surface area contributed by atoms with Crippen molar-refractivity contribution in [1.82, 2.24) is 15.5 Å². The third-order valence-corrected chi connectivity index (χ3v) is 2.60. The molecule has 1 aromatic rings. The molecule has 1 N–H and O–H groups in total. The molecule has 2 rings (SSSR count). The van der Waals surface area contributed by atoms with Gasteiger partial charge in [-0.05, 0) is 25.9 Å². The van der Waals surface area contributed by atoms with Gasteiger partial charge in [0.15, 0.2) is 5.82 Å². The van der Waals surface area contributed by atoms with E-state index in [9.17, 15) is 13.2 Å². The van der Waals surface area contributed by atoms with Gasteiger partial charge in [-0.3, -0.25) is 0 Å². The number of halogens is 3. The molecule has 102 valence electrons.